The third kappa shape index (κ3) is 3.03. The molecule has 2 N–H and O–H groups in total. The van der Waals surface area contributed by atoms with Crippen LogP contribution in [-0.2, 0) is 0 Å². The van der Waals surface area contributed by atoms with Gasteiger partial charge in [-0.15, -0.1) is 0 Å². The lowest BCUT2D eigenvalue weighted by molar-refractivity contribution is 0.257. The van der Waals surface area contributed by atoms with Crippen LogP contribution in [0.15, 0.2) is 12.1 Å². The van der Waals surface area contributed by atoms with Crippen LogP contribution in [0.4, 0.5) is 11.8 Å². The first-order chi connectivity index (χ1) is 11.5. The highest BCUT2D eigenvalue weighted by Gasteiger charge is 2.24. The number of piperidine rings is 1. The molecule has 1 aromatic heterocycles. The zero-order valence-electron chi connectivity index (χ0n) is 14.7. The molecule has 2 heterocycles. The molecule has 1 fully saturated rings. The summed E-state index contributed by atoms with van der Waals surface area (Å²) in [5, 5.41) is 0.776. The van der Waals surface area contributed by atoms with E-state index < -0.39 is 0 Å². The summed E-state index contributed by atoms with van der Waals surface area (Å²) in [5.41, 5.74) is 6.95. The van der Waals surface area contributed by atoms with Crippen molar-refractivity contribution < 1.29 is 9.47 Å². The van der Waals surface area contributed by atoms with Crippen molar-refractivity contribution in [3.63, 3.8) is 0 Å². The Bertz CT molecular complexity index is 734. The molecule has 0 amide bonds. The van der Waals surface area contributed by atoms with E-state index in [9.17, 15) is 0 Å². The zero-order valence-corrected chi connectivity index (χ0v) is 14.7. The molecular weight excluding hydrogens is 306 g/mol. The van der Waals surface area contributed by atoms with E-state index in [-0.39, 0.29) is 0 Å². The number of hydrogen-bond donors (Lipinski definition) is 1. The number of nitrogen functional groups attached to an aromatic ring is 1. The Morgan fingerprint density at radius 3 is 2.54 bits per heavy atom. The molecule has 0 saturated carbocycles. The maximum atomic E-state index is 6.19. The van der Waals surface area contributed by atoms with Crippen molar-refractivity contribution in [1.82, 2.24) is 14.9 Å². The van der Waals surface area contributed by atoms with Crippen molar-refractivity contribution in [3.05, 3.63) is 12.1 Å². The molecule has 1 aliphatic rings. The molecule has 0 radical (unpaired) electrons. The summed E-state index contributed by atoms with van der Waals surface area (Å²) in [5.74, 6) is 2.40. The Kier molecular flexibility index (Phi) is 4.62. The molecule has 24 heavy (non-hydrogen) atoms. The average molecular weight is 331 g/mol. The summed E-state index contributed by atoms with van der Waals surface area (Å²) >= 11 is 0. The Hall–Kier alpha value is -2.28. The fourth-order valence-electron chi connectivity index (χ4n) is 3.17. The van der Waals surface area contributed by atoms with Gasteiger partial charge in [-0.25, -0.2) is 4.98 Å². The molecular formula is C17H25N5O2. The predicted octanol–water partition coefficient (Wildman–Crippen LogP) is 1.76. The summed E-state index contributed by atoms with van der Waals surface area (Å²) in [7, 11) is 7.44. The number of fused-ring (bicyclic) bond motifs is 1. The van der Waals surface area contributed by atoms with Crippen LogP contribution in [0.3, 0.4) is 0 Å². The van der Waals surface area contributed by atoms with Crippen LogP contribution in [0.5, 0.6) is 11.5 Å². The van der Waals surface area contributed by atoms with Crippen molar-refractivity contribution >= 4 is 22.7 Å². The number of ether oxygens (including phenoxy) is 2. The minimum Gasteiger partial charge on any atom is -0.493 e. The van der Waals surface area contributed by atoms with E-state index in [0.717, 1.165) is 30.4 Å². The molecule has 0 spiro atoms. The van der Waals surface area contributed by atoms with Crippen LogP contribution in [-0.4, -0.2) is 62.3 Å². The third-order valence-corrected chi connectivity index (χ3v) is 4.63. The maximum absolute atomic E-state index is 6.19. The number of nitrogens with zero attached hydrogens (tertiary/aromatic N) is 4. The standard InChI is InChI=1S/C17H25N5O2/c1-21(2)11-6-5-7-22(10-11)17-19-13-9-15(24-4)14(23-3)8-12(13)16(18)20-17/h8-9,11H,5-7,10H2,1-4H3,(H2,18,19,20)/t11-/m1/s1. The number of methoxy groups -OCH3 is 2. The summed E-state index contributed by atoms with van der Waals surface area (Å²) < 4.78 is 10.7. The molecule has 7 heteroatoms. The minimum atomic E-state index is 0.461. The van der Waals surface area contributed by atoms with E-state index >= 15 is 0 Å². The topological polar surface area (TPSA) is 76.7 Å². The lowest BCUT2D eigenvalue weighted by Crippen LogP contribution is -2.45. The number of likely N-dealkylation sites (N-methyl/N-ethyl adjacent to an activating group) is 1. The van der Waals surface area contributed by atoms with Gasteiger partial charge in [-0.2, -0.15) is 4.98 Å². The molecule has 7 nitrogen and oxygen atoms in total. The fraction of sp³-hybridized carbons (Fsp3) is 0.529. The van der Waals surface area contributed by atoms with Crippen LogP contribution >= 0.6 is 0 Å². The fourth-order valence-corrected chi connectivity index (χ4v) is 3.17. The van der Waals surface area contributed by atoms with E-state index in [1.54, 1.807) is 14.2 Å². The Labute approximate surface area is 142 Å². The predicted molar refractivity (Wildman–Crippen MR) is 96.0 cm³/mol. The van der Waals surface area contributed by atoms with Gasteiger partial charge in [0.05, 0.1) is 19.7 Å². The van der Waals surface area contributed by atoms with Gasteiger partial charge in [-0.1, -0.05) is 0 Å². The van der Waals surface area contributed by atoms with Crippen LogP contribution in [0.1, 0.15) is 12.8 Å². The molecule has 0 unspecified atom stereocenters. The third-order valence-electron chi connectivity index (χ3n) is 4.63. The van der Waals surface area contributed by atoms with Gasteiger partial charge in [-0.05, 0) is 33.0 Å². The van der Waals surface area contributed by atoms with Gasteiger partial charge in [0.25, 0.3) is 0 Å². The first-order valence-corrected chi connectivity index (χ1v) is 8.14. The summed E-state index contributed by atoms with van der Waals surface area (Å²) in [6.07, 6.45) is 2.31. The van der Waals surface area contributed by atoms with Crippen molar-refractivity contribution in [1.29, 1.82) is 0 Å². The quantitative estimate of drug-likeness (QED) is 0.914. The molecule has 3 rings (SSSR count). The number of hydrogen-bond acceptors (Lipinski definition) is 7. The summed E-state index contributed by atoms with van der Waals surface area (Å²) in [6, 6.07) is 4.18. The second-order valence-electron chi connectivity index (χ2n) is 6.34. The highest BCUT2D eigenvalue weighted by atomic mass is 16.5. The first-order valence-electron chi connectivity index (χ1n) is 8.14. The Morgan fingerprint density at radius 1 is 1.17 bits per heavy atom. The number of rotatable bonds is 4. The highest BCUT2D eigenvalue weighted by Crippen LogP contribution is 2.34. The van der Waals surface area contributed by atoms with Gasteiger partial charge >= 0.3 is 0 Å². The molecule has 1 atom stereocenters. The molecule has 0 aliphatic carbocycles. The molecule has 130 valence electrons. The largest absolute Gasteiger partial charge is 0.493 e. The normalized spacial score (nSPS) is 18.2. The molecule has 1 aliphatic heterocycles. The van der Waals surface area contributed by atoms with Crippen molar-refractivity contribution in [2.45, 2.75) is 18.9 Å². The summed E-state index contributed by atoms with van der Waals surface area (Å²) in [4.78, 5) is 13.7. The Balaban J connectivity index is 2.00. The van der Waals surface area contributed by atoms with Crippen LogP contribution in [0, 0.1) is 0 Å². The van der Waals surface area contributed by atoms with E-state index in [4.69, 9.17) is 20.2 Å². The van der Waals surface area contributed by atoms with Gasteiger partial charge < -0.3 is 25.0 Å². The number of nitrogens with two attached hydrogens (primary N) is 1. The number of anilines is 2. The van der Waals surface area contributed by atoms with Gasteiger partial charge in [0.1, 0.15) is 5.82 Å². The van der Waals surface area contributed by atoms with Crippen LogP contribution in [0.2, 0.25) is 0 Å². The molecule has 2 aromatic rings. The van der Waals surface area contributed by atoms with Crippen molar-refractivity contribution in [2.75, 3.05) is 52.0 Å². The van der Waals surface area contributed by atoms with Gasteiger partial charge in [0.2, 0.25) is 5.95 Å². The zero-order chi connectivity index (χ0) is 17.3. The van der Waals surface area contributed by atoms with Crippen molar-refractivity contribution in [3.8, 4) is 11.5 Å². The first kappa shape index (κ1) is 16.6. The van der Waals surface area contributed by atoms with Crippen LogP contribution < -0.4 is 20.1 Å². The van der Waals surface area contributed by atoms with Gasteiger partial charge in [-0.3, -0.25) is 0 Å². The van der Waals surface area contributed by atoms with Gasteiger partial charge in [0, 0.05) is 30.6 Å². The second-order valence-corrected chi connectivity index (χ2v) is 6.34. The van der Waals surface area contributed by atoms with Gasteiger partial charge in [0.15, 0.2) is 11.5 Å². The minimum absolute atomic E-state index is 0.461. The number of aromatic nitrogens is 2. The number of benzene rings is 1. The van der Waals surface area contributed by atoms with Crippen molar-refractivity contribution in [2.24, 2.45) is 0 Å². The van der Waals surface area contributed by atoms with E-state index in [1.165, 1.54) is 6.42 Å². The second kappa shape index (κ2) is 6.68. The van der Waals surface area contributed by atoms with Crippen LogP contribution in [0.25, 0.3) is 10.9 Å². The lowest BCUT2D eigenvalue weighted by atomic mass is 10.1. The van der Waals surface area contributed by atoms with E-state index in [1.807, 2.05) is 12.1 Å². The monoisotopic (exact) mass is 331 g/mol. The van der Waals surface area contributed by atoms with E-state index in [2.05, 4.69) is 28.9 Å². The highest BCUT2D eigenvalue weighted by molar-refractivity contribution is 5.91. The maximum Gasteiger partial charge on any atom is 0.227 e. The summed E-state index contributed by atoms with van der Waals surface area (Å²) in [6.45, 7) is 1.85. The smallest absolute Gasteiger partial charge is 0.227 e. The van der Waals surface area contributed by atoms with E-state index in [0.29, 0.717) is 29.3 Å². The average Bonchev–Trinajstić information content (AvgIpc) is 2.60. The molecule has 0 bridgehead atoms. The molecule has 1 aromatic carbocycles. The lowest BCUT2D eigenvalue weighted by Gasteiger charge is -2.36. The molecule has 1 saturated heterocycles. The Morgan fingerprint density at radius 2 is 1.88 bits per heavy atom. The SMILES string of the molecule is COc1cc2nc(N3CCC[C@@H](N(C)C)C3)nc(N)c2cc1OC.